The number of aliphatic hydroxyl groups excluding tert-OH is 4. The molecule has 1 saturated carbocycles. The number of aliphatic hydroxyl groups is 4. The molecular weight excluding hydrogens is 622 g/mol. The van der Waals surface area contributed by atoms with E-state index >= 15 is 0 Å². The van der Waals surface area contributed by atoms with E-state index in [1.54, 1.807) is 11.3 Å². The van der Waals surface area contributed by atoms with Crippen LogP contribution in [0, 0.1) is 6.92 Å². The largest absolute Gasteiger partial charge is 0.488 e. The fourth-order valence-corrected chi connectivity index (χ4v) is 7.22. The smallest absolute Gasteiger partial charge is 0.252 e. The van der Waals surface area contributed by atoms with Crippen LogP contribution >= 0.6 is 11.3 Å². The van der Waals surface area contributed by atoms with E-state index in [9.17, 15) is 25.2 Å². The van der Waals surface area contributed by atoms with Gasteiger partial charge in [-0.2, -0.15) is 0 Å². The molecule has 8 atom stereocenters. The minimum Gasteiger partial charge on any atom is -0.488 e. The van der Waals surface area contributed by atoms with Crippen LogP contribution in [-0.4, -0.2) is 95.0 Å². The molecule has 2 aliphatic heterocycles. The van der Waals surface area contributed by atoms with Gasteiger partial charge in [0.1, 0.15) is 36.3 Å². The molecule has 254 valence electrons. The molecule has 2 unspecified atom stereocenters. The second kappa shape index (κ2) is 15.1. The molecular formula is C35H45N3O8S. The third-order valence-electron chi connectivity index (χ3n) is 9.31. The molecule has 12 heteroatoms. The van der Waals surface area contributed by atoms with Crippen LogP contribution in [0.15, 0.2) is 54.6 Å². The van der Waals surface area contributed by atoms with Crippen molar-refractivity contribution in [2.24, 2.45) is 0 Å². The van der Waals surface area contributed by atoms with E-state index < -0.39 is 37.3 Å². The van der Waals surface area contributed by atoms with Gasteiger partial charge in [-0.15, -0.1) is 11.3 Å². The van der Waals surface area contributed by atoms with E-state index in [0.717, 1.165) is 47.5 Å². The van der Waals surface area contributed by atoms with Crippen molar-refractivity contribution >= 4 is 17.2 Å². The number of thiophene rings is 1. The SMILES string of the molecule is Cc1ccc(OC2CNC2)cc1C(=O)N[C@H](C)c1cccc(-c2ccc(CN[C@H]3CC[C@@H](O[C@@H]4OC(CO)[C@@H](O)[C@H](O)C4O)C3)s2)c1. The Hall–Kier alpha value is -2.91. The molecule has 3 fully saturated rings. The van der Waals surface area contributed by atoms with Crippen LogP contribution in [0.4, 0.5) is 0 Å². The summed E-state index contributed by atoms with van der Waals surface area (Å²) in [7, 11) is 0. The van der Waals surface area contributed by atoms with Crippen molar-refractivity contribution in [3.63, 3.8) is 0 Å². The number of amides is 1. The van der Waals surface area contributed by atoms with Crippen molar-refractivity contribution in [1.82, 2.24) is 16.0 Å². The first kappa shape index (κ1) is 34.0. The maximum Gasteiger partial charge on any atom is 0.252 e. The molecule has 0 spiro atoms. The fourth-order valence-electron chi connectivity index (χ4n) is 6.27. The zero-order valence-corrected chi connectivity index (χ0v) is 27.5. The van der Waals surface area contributed by atoms with E-state index in [1.807, 2.05) is 44.2 Å². The summed E-state index contributed by atoms with van der Waals surface area (Å²) >= 11 is 1.72. The first-order valence-corrected chi connectivity index (χ1v) is 17.2. The summed E-state index contributed by atoms with van der Waals surface area (Å²) in [5, 5.41) is 49.7. The van der Waals surface area contributed by atoms with Gasteiger partial charge in [-0.05, 0) is 80.1 Å². The van der Waals surface area contributed by atoms with E-state index in [0.29, 0.717) is 24.3 Å². The molecule has 3 aromatic rings. The van der Waals surface area contributed by atoms with Gasteiger partial charge in [0, 0.05) is 41.0 Å². The molecule has 3 aliphatic rings. The Bertz CT molecular complexity index is 1510. The summed E-state index contributed by atoms with van der Waals surface area (Å²) in [4.78, 5) is 15.6. The number of carbonyl (C=O) groups is 1. The highest BCUT2D eigenvalue weighted by Gasteiger charge is 2.45. The van der Waals surface area contributed by atoms with Crippen LogP contribution in [0.2, 0.25) is 0 Å². The fraction of sp³-hybridized carbons (Fsp3) is 0.514. The van der Waals surface area contributed by atoms with Crippen molar-refractivity contribution in [2.75, 3.05) is 19.7 Å². The van der Waals surface area contributed by atoms with Crippen molar-refractivity contribution in [1.29, 1.82) is 0 Å². The first-order valence-electron chi connectivity index (χ1n) is 16.4. The Morgan fingerprint density at radius 2 is 1.87 bits per heavy atom. The zero-order chi connectivity index (χ0) is 33.1. The molecule has 3 heterocycles. The number of nitrogens with one attached hydrogen (secondary N) is 3. The highest BCUT2D eigenvalue weighted by atomic mass is 32.1. The number of benzene rings is 2. The lowest BCUT2D eigenvalue weighted by atomic mass is 9.99. The highest BCUT2D eigenvalue weighted by Crippen LogP contribution is 2.32. The van der Waals surface area contributed by atoms with Gasteiger partial charge in [-0.3, -0.25) is 4.79 Å². The summed E-state index contributed by atoms with van der Waals surface area (Å²) in [6, 6.07) is 18.2. The predicted octanol–water partition coefficient (Wildman–Crippen LogP) is 2.39. The molecule has 6 rings (SSSR count). The number of carbonyl (C=O) groups excluding carboxylic acids is 1. The number of hydrogen-bond acceptors (Lipinski definition) is 11. The lowest BCUT2D eigenvalue weighted by Gasteiger charge is -2.40. The summed E-state index contributed by atoms with van der Waals surface area (Å²) < 4.78 is 17.4. The van der Waals surface area contributed by atoms with Gasteiger partial charge >= 0.3 is 0 Å². The molecule has 11 nitrogen and oxygen atoms in total. The first-order chi connectivity index (χ1) is 22.7. The highest BCUT2D eigenvalue weighted by molar-refractivity contribution is 7.15. The van der Waals surface area contributed by atoms with E-state index in [4.69, 9.17) is 14.2 Å². The summed E-state index contributed by atoms with van der Waals surface area (Å²) in [5.74, 6) is 0.578. The van der Waals surface area contributed by atoms with Crippen LogP contribution in [0.1, 0.15) is 58.6 Å². The number of rotatable bonds is 12. The van der Waals surface area contributed by atoms with Crippen LogP contribution in [-0.2, 0) is 16.0 Å². The van der Waals surface area contributed by atoms with Gasteiger partial charge in [0.25, 0.3) is 5.91 Å². The van der Waals surface area contributed by atoms with Crippen molar-refractivity contribution in [3.8, 4) is 16.2 Å². The summed E-state index contributed by atoms with van der Waals surface area (Å²) in [6.07, 6.45) is -3.98. The Kier molecular flexibility index (Phi) is 10.9. The Morgan fingerprint density at radius 3 is 2.64 bits per heavy atom. The number of aryl methyl sites for hydroxylation is 1. The minimum atomic E-state index is -1.45. The quantitative estimate of drug-likeness (QED) is 0.153. The average molecular weight is 668 g/mol. The molecule has 47 heavy (non-hydrogen) atoms. The summed E-state index contributed by atoms with van der Waals surface area (Å²) in [5.41, 5.74) is 3.62. The van der Waals surface area contributed by atoms with E-state index in [-0.39, 0.29) is 30.2 Å². The lowest BCUT2D eigenvalue weighted by Crippen LogP contribution is -2.59. The van der Waals surface area contributed by atoms with Gasteiger partial charge < -0.3 is 50.6 Å². The average Bonchev–Trinajstić information content (AvgIpc) is 3.72. The molecule has 1 aromatic heterocycles. The second-order valence-electron chi connectivity index (χ2n) is 12.8. The van der Waals surface area contributed by atoms with Crippen LogP contribution in [0.25, 0.3) is 10.4 Å². The zero-order valence-electron chi connectivity index (χ0n) is 26.7. The predicted molar refractivity (Wildman–Crippen MR) is 177 cm³/mol. The van der Waals surface area contributed by atoms with Gasteiger partial charge in [0.2, 0.25) is 0 Å². The molecule has 7 N–H and O–H groups in total. The molecule has 1 aliphatic carbocycles. The van der Waals surface area contributed by atoms with E-state index in [2.05, 4.69) is 40.2 Å². The minimum absolute atomic E-state index is 0.130. The topological polar surface area (TPSA) is 162 Å². The van der Waals surface area contributed by atoms with Crippen molar-refractivity contribution in [3.05, 3.63) is 76.2 Å². The van der Waals surface area contributed by atoms with Gasteiger partial charge in [-0.1, -0.05) is 24.3 Å². The third kappa shape index (κ3) is 8.05. The standard InChI is InChI=1S/C35H45N3O8S/c1-19-6-8-25(44-26-15-36-16-26)14-28(19)34(43)38-20(2)21-4-3-5-22(12-21)30-11-10-27(47-30)17-37-23-7-9-24(13-23)45-35-33(42)32(41)31(40)29(18-39)46-35/h3-6,8,10-12,14,20,23-24,26,29,31-33,35-37,39-42H,7,9,13,15-18H2,1-2H3,(H,38,43)/t20-,23+,24-,29?,31-,32+,33?,35-/m1/s1. The molecule has 0 radical (unpaired) electrons. The Balaban J connectivity index is 1.00. The van der Waals surface area contributed by atoms with Crippen molar-refractivity contribution < 1.29 is 39.4 Å². The van der Waals surface area contributed by atoms with Crippen LogP contribution in [0.3, 0.4) is 0 Å². The van der Waals surface area contributed by atoms with Crippen molar-refractivity contribution in [2.45, 2.75) is 94.7 Å². The monoisotopic (exact) mass is 667 g/mol. The second-order valence-corrected chi connectivity index (χ2v) is 14.0. The maximum atomic E-state index is 13.3. The van der Waals surface area contributed by atoms with Gasteiger partial charge in [-0.25, -0.2) is 0 Å². The molecule has 2 saturated heterocycles. The normalized spacial score (nSPS) is 28.5. The van der Waals surface area contributed by atoms with Gasteiger partial charge in [0.15, 0.2) is 6.29 Å². The molecule has 2 aromatic carbocycles. The van der Waals surface area contributed by atoms with Crippen LogP contribution < -0.4 is 20.7 Å². The summed E-state index contributed by atoms with van der Waals surface area (Å²) in [6.45, 7) is 5.78. The molecule has 1 amide bonds. The molecule has 0 bridgehead atoms. The maximum absolute atomic E-state index is 13.3. The Morgan fingerprint density at radius 1 is 1.04 bits per heavy atom. The Labute approximate surface area is 278 Å². The van der Waals surface area contributed by atoms with Crippen LogP contribution in [0.5, 0.6) is 5.75 Å². The third-order valence-corrected chi connectivity index (χ3v) is 10.4. The number of hydrogen-bond donors (Lipinski definition) is 7. The lowest BCUT2D eigenvalue weighted by molar-refractivity contribution is -0.310. The van der Waals surface area contributed by atoms with Gasteiger partial charge in [0.05, 0.1) is 18.8 Å². The van der Waals surface area contributed by atoms with E-state index in [1.165, 1.54) is 4.88 Å². The number of ether oxygens (including phenoxy) is 3.